The van der Waals surface area contributed by atoms with Gasteiger partial charge in [0.15, 0.2) is 9.84 Å². The number of carbonyl (C=O) groups excluding carboxylic acids is 1. The van der Waals surface area contributed by atoms with Crippen molar-refractivity contribution in [2.75, 3.05) is 12.8 Å². The molecule has 0 spiro atoms. The summed E-state index contributed by atoms with van der Waals surface area (Å²) in [6.07, 6.45) is 4.17. The highest BCUT2D eigenvalue weighted by Gasteiger charge is 2.41. The first-order valence-electron chi connectivity index (χ1n) is 8.20. The summed E-state index contributed by atoms with van der Waals surface area (Å²) >= 11 is 0. The van der Waals surface area contributed by atoms with E-state index >= 15 is 0 Å². The smallest absolute Gasteiger partial charge is 0.264 e. The Morgan fingerprint density at radius 2 is 1.92 bits per heavy atom. The second kappa shape index (κ2) is 6.22. The minimum absolute atomic E-state index is 0.0131. The molecule has 8 heteroatoms. The number of carbonyl (C=O) groups is 1. The van der Waals surface area contributed by atoms with Crippen molar-refractivity contribution in [1.82, 2.24) is 20.7 Å². The fourth-order valence-corrected chi connectivity index (χ4v) is 3.90. The van der Waals surface area contributed by atoms with Gasteiger partial charge in [-0.3, -0.25) is 14.8 Å². The summed E-state index contributed by atoms with van der Waals surface area (Å²) in [4.78, 5) is 17.2. The second-order valence-corrected chi connectivity index (χ2v) is 8.39. The summed E-state index contributed by atoms with van der Waals surface area (Å²) in [6, 6.07) is 12.2. The number of hydrogen-bond acceptors (Lipinski definition) is 6. The van der Waals surface area contributed by atoms with Crippen molar-refractivity contribution in [3.63, 3.8) is 0 Å². The highest BCUT2D eigenvalue weighted by atomic mass is 32.2. The van der Waals surface area contributed by atoms with Crippen LogP contribution in [-0.2, 0) is 14.6 Å². The predicted octanol–water partition coefficient (Wildman–Crippen LogP) is 0.886. The lowest BCUT2D eigenvalue weighted by atomic mass is 10.00. The fraction of sp³-hybridized carbons (Fsp3) is 0.222. The summed E-state index contributed by atoms with van der Waals surface area (Å²) in [6.45, 7) is 0.606. The van der Waals surface area contributed by atoms with Gasteiger partial charge < -0.3 is 5.32 Å². The highest BCUT2D eigenvalue weighted by molar-refractivity contribution is 7.90. The standard InChI is InChI=1S/C18H18N4O3S/c1-26(24,25)13-7-5-12(6-8-13)16-10-17(23)22-18(21-16)14(11-20-22)15-4-2-3-9-19-15/h2-10,14,18,20-21H,11H2,1H3. The molecule has 3 heterocycles. The van der Waals surface area contributed by atoms with Gasteiger partial charge in [-0.15, -0.1) is 0 Å². The van der Waals surface area contributed by atoms with Gasteiger partial charge in [0.05, 0.1) is 10.8 Å². The predicted molar refractivity (Wildman–Crippen MR) is 96.3 cm³/mol. The van der Waals surface area contributed by atoms with Gasteiger partial charge in [-0.05, 0) is 29.8 Å². The monoisotopic (exact) mass is 370 g/mol. The maximum absolute atomic E-state index is 12.5. The Bertz CT molecular complexity index is 971. The Morgan fingerprint density at radius 3 is 2.58 bits per heavy atom. The van der Waals surface area contributed by atoms with Gasteiger partial charge in [0.25, 0.3) is 5.91 Å². The molecule has 1 saturated heterocycles. The maximum atomic E-state index is 12.5. The quantitative estimate of drug-likeness (QED) is 0.834. The van der Waals surface area contributed by atoms with Crippen molar-refractivity contribution in [2.45, 2.75) is 17.0 Å². The van der Waals surface area contributed by atoms with Crippen LogP contribution in [-0.4, -0.2) is 43.3 Å². The lowest BCUT2D eigenvalue weighted by molar-refractivity contribution is -0.130. The van der Waals surface area contributed by atoms with Crippen molar-refractivity contribution in [3.8, 4) is 0 Å². The third-order valence-electron chi connectivity index (χ3n) is 4.61. The average Bonchev–Trinajstić information content (AvgIpc) is 3.06. The van der Waals surface area contributed by atoms with E-state index in [4.69, 9.17) is 0 Å². The first-order chi connectivity index (χ1) is 12.4. The second-order valence-electron chi connectivity index (χ2n) is 6.38. The summed E-state index contributed by atoms with van der Waals surface area (Å²) < 4.78 is 23.2. The van der Waals surface area contributed by atoms with Crippen molar-refractivity contribution in [2.24, 2.45) is 0 Å². The number of pyridine rings is 1. The molecule has 1 amide bonds. The Morgan fingerprint density at radius 1 is 1.15 bits per heavy atom. The number of nitrogens with zero attached hydrogens (tertiary/aromatic N) is 2. The molecule has 7 nitrogen and oxygen atoms in total. The van der Waals surface area contributed by atoms with Crippen LogP contribution in [0.3, 0.4) is 0 Å². The first-order valence-corrected chi connectivity index (χ1v) is 10.1. The number of aromatic nitrogens is 1. The first kappa shape index (κ1) is 16.7. The van der Waals surface area contributed by atoms with Crippen LogP contribution in [0.1, 0.15) is 17.2 Å². The normalized spacial score (nSPS) is 22.6. The molecule has 1 aromatic carbocycles. The molecule has 0 bridgehead atoms. The lowest BCUT2D eigenvalue weighted by Gasteiger charge is -2.33. The van der Waals surface area contributed by atoms with Crippen LogP contribution in [0.2, 0.25) is 0 Å². The molecule has 0 aliphatic carbocycles. The number of benzene rings is 1. The van der Waals surface area contributed by atoms with Crippen molar-refractivity contribution >= 4 is 21.4 Å². The largest absolute Gasteiger partial charge is 0.363 e. The number of hydrogen-bond donors (Lipinski definition) is 2. The molecule has 2 aliphatic rings. The molecule has 2 unspecified atom stereocenters. The molecule has 2 aliphatic heterocycles. The van der Waals surface area contributed by atoms with E-state index in [1.54, 1.807) is 35.5 Å². The molecular formula is C18H18N4O3S. The number of sulfone groups is 1. The molecule has 2 N–H and O–H groups in total. The van der Waals surface area contributed by atoms with Crippen molar-refractivity contribution in [1.29, 1.82) is 0 Å². The van der Waals surface area contributed by atoms with Gasteiger partial charge in [0.2, 0.25) is 0 Å². The van der Waals surface area contributed by atoms with Gasteiger partial charge in [0.1, 0.15) is 6.17 Å². The zero-order valence-corrected chi connectivity index (χ0v) is 14.9. The topological polar surface area (TPSA) is 91.4 Å². The molecule has 0 radical (unpaired) electrons. The molecule has 4 rings (SSSR count). The summed E-state index contributed by atoms with van der Waals surface area (Å²) in [5, 5.41) is 4.96. The molecule has 2 atom stereocenters. The van der Waals surface area contributed by atoms with E-state index in [1.807, 2.05) is 18.2 Å². The zero-order valence-electron chi connectivity index (χ0n) is 14.1. The maximum Gasteiger partial charge on any atom is 0.264 e. The van der Waals surface area contributed by atoms with Crippen LogP contribution in [0.4, 0.5) is 0 Å². The van der Waals surface area contributed by atoms with Gasteiger partial charge in [0, 0.05) is 36.5 Å². The third kappa shape index (κ3) is 2.97. The summed E-state index contributed by atoms with van der Waals surface area (Å²) in [7, 11) is -3.25. The van der Waals surface area contributed by atoms with Gasteiger partial charge >= 0.3 is 0 Å². The lowest BCUT2D eigenvalue weighted by Crippen LogP contribution is -2.52. The van der Waals surface area contributed by atoms with Crippen LogP contribution >= 0.6 is 0 Å². The molecule has 0 saturated carbocycles. The molecular weight excluding hydrogens is 352 g/mol. The summed E-state index contributed by atoms with van der Waals surface area (Å²) in [5.74, 6) is -0.131. The SMILES string of the molecule is CS(=O)(=O)c1ccc(C2=CC(=O)N3NCC(c4ccccn4)C3N2)cc1. The Labute approximate surface area is 151 Å². The van der Waals surface area contributed by atoms with E-state index in [2.05, 4.69) is 15.7 Å². The van der Waals surface area contributed by atoms with Crippen LogP contribution in [0.15, 0.2) is 59.6 Å². The number of rotatable bonds is 3. The molecule has 134 valence electrons. The van der Waals surface area contributed by atoms with Gasteiger partial charge in [-0.1, -0.05) is 18.2 Å². The number of nitrogens with one attached hydrogen (secondary N) is 2. The van der Waals surface area contributed by atoms with E-state index in [0.29, 0.717) is 12.2 Å². The van der Waals surface area contributed by atoms with Crippen LogP contribution in [0.25, 0.3) is 5.70 Å². The van der Waals surface area contributed by atoms with Crippen LogP contribution < -0.4 is 10.7 Å². The minimum Gasteiger partial charge on any atom is -0.363 e. The fourth-order valence-electron chi connectivity index (χ4n) is 3.27. The zero-order chi connectivity index (χ0) is 18.3. The van der Waals surface area contributed by atoms with Crippen molar-refractivity contribution in [3.05, 3.63) is 66.0 Å². The van der Waals surface area contributed by atoms with E-state index in [-0.39, 0.29) is 22.9 Å². The third-order valence-corrected chi connectivity index (χ3v) is 5.74. The number of fused-ring (bicyclic) bond motifs is 1. The van der Waals surface area contributed by atoms with E-state index in [1.165, 1.54) is 12.3 Å². The van der Waals surface area contributed by atoms with Gasteiger partial charge in [-0.2, -0.15) is 0 Å². The van der Waals surface area contributed by atoms with E-state index < -0.39 is 9.84 Å². The van der Waals surface area contributed by atoms with Crippen molar-refractivity contribution < 1.29 is 13.2 Å². The van der Waals surface area contributed by atoms with Gasteiger partial charge in [-0.25, -0.2) is 13.8 Å². The Kier molecular flexibility index (Phi) is 4.01. The molecule has 2 aromatic rings. The highest BCUT2D eigenvalue weighted by Crippen LogP contribution is 2.30. The van der Waals surface area contributed by atoms with Crippen LogP contribution in [0.5, 0.6) is 0 Å². The number of amides is 1. The summed E-state index contributed by atoms with van der Waals surface area (Å²) in [5.41, 5.74) is 5.45. The molecule has 26 heavy (non-hydrogen) atoms. The van der Waals surface area contributed by atoms with E-state index in [0.717, 1.165) is 11.3 Å². The Hall–Kier alpha value is -2.71. The van der Waals surface area contributed by atoms with Crippen LogP contribution in [0, 0.1) is 0 Å². The average molecular weight is 370 g/mol. The molecule has 1 aromatic heterocycles. The number of hydrazine groups is 1. The van der Waals surface area contributed by atoms with E-state index in [9.17, 15) is 13.2 Å². The minimum atomic E-state index is -3.25. The Balaban J connectivity index is 1.63. The molecule has 1 fully saturated rings.